The molecular weight excluding hydrogens is 388 g/mol. The first-order valence-electron chi connectivity index (χ1n) is 8.13. The highest BCUT2D eigenvalue weighted by atomic mass is 79.9. The average molecular weight is 411 g/mol. The van der Waals surface area contributed by atoms with Crippen molar-refractivity contribution in [2.45, 2.75) is 12.5 Å². The Morgan fingerprint density at radius 2 is 1.96 bits per heavy atom. The number of rotatable bonds is 5. The molecule has 3 rings (SSSR count). The van der Waals surface area contributed by atoms with Crippen LogP contribution in [0.3, 0.4) is 0 Å². The summed E-state index contributed by atoms with van der Waals surface area (Å²) in [7, 11) is 3.35. The van der Waals surface area contributed by atoms with Crippen molar-refractivity contribution in [3.05, 3.63) is 44.6 Å². The van der Waals surface area contributed by atoms with Crippen LogP contribution in [-0.2, 0) is 0 Å². The first kappa shape index (κ1) is 17.7. The van der Waals surface area contributed by atoms with Crippen molar-refractivity contribution in [3.63, 3.8) is 0 Å². The van der Waals surface area contributed by atoms with E-state index in [1.165, 1.54) is 11.1 Å². The van der Waals surface area contributed by atoms with E-state index in [9.17, 15) is 0 Å². The van der Waals surface area contributed by atoms with Gasteiger partial charge in [-0.05, 0) is 53.1 Å². The van der Waals surface area contributed by atoms with Gasteiger partial charge in [0.15, 0.2) is 11.5 Å². The zero-order valence-corrected chi connectivity index (χ0v) is 16.5. The highest BCUT2D eigenvalue weighted by Crippen LogP contribution is 2.40. The minimum Gasteiger partial charge on any atom is -0.493 e. The molecule has 1 atom stereocenters. The third-order valence-corrected chi connectivity index (χ3v) is 5.78. The lowest BCUT2D eigenvalue weighted by Gasteiger charge is -2.31. The summed E-state index contributed by atoms with van der Waals surface area (Å²) < 4.78 is 12.0. The molecule has 1 aliphatic heterocycles. The fraction of sp³-hybridized carbons (Fsp3) is 0.444. The topological polar surface area (TPSA) is 33.7 Å². The summed E-state index contributed by atoms with van der Waals surface area (Å²) in [6.45, 7) is 4.21. The van der Waals surface area contributed by atoms with E-state index in [1.54, 1.807) is 25.6 Å². The molecule has 1 N–H and O–H groups in total. The zero-order chi connectivity index (χ0) is 16.9. The van der Waals surface area contributed by atoms with Crippen LogP contribution in [0.4, 0.5) is 0 Å². The fourth-order valence-corrected chi connectivity index (χ4v) is 4.44. The minimum absolute atomic E-state index is 0.213. The summed E-state index contributed by atoms with van der Waals surface area (Å²) in [5, 5.41) is 7.88. The summed E-state index contributed by atoms with van der Waals surface area (Å²) in [5.41, 5.74) is 2.54. The third-order valence-electron chi connectivity index (χ3n) is 4.40. The average Bonchev–Trinajstić information content (AvgIpc) is 2.99. The number of nitrogens with one attached hydrogen (secondary N) is 1. The first-order chi connectivity index (χ1) is 11.7. The van der Waals surface area contributed by atoms with E-state index in [1.807, 2.05) is 6.07 Å². The van der Waals surface area contributed by atoms with Crippen molar-refractivity contribution < 1.29 is 9.47 Å². The van der Waals surface area contributed by atoms with Gasteiger partial charge in [0.1, 0.15) is 0 Å². The van der Waals surface area contributed by atoms with Crippen molar-refractivity contribution in [2.75, 3.05) is 40.4 Å². The van der Waals surface area contributed by atoms with Gasteiger partial charge in [0.05, 0.1) is 20.3 Å². The van der Waals surface area contributed by atoms with E-state index in [4.69, 9.17) is 9.47 Å². The van der Waals surface area contributed by atoms with Gasteiger partial charge in [0, 0.05) is 24.1 Å². The number of hydrogen-bond acceptors (Lipinski definition) is 5. The Morgan fingerprint density at radius 1 is 1.17 bits per heavy atom. The van der Waals surface area contributed by atoms with Crippen LogP contribution in [0.1, 0.15) is 23.6 Å². The summed E-state index contributed by atoms with van der Waals surface area (Å²) in [6.07, 6.45) is 1.16. The molecule has 0 bridgehead atoms. The molecule has 1 unspecified atom stereocenters. The Labute approximate surface area is 155 Å². The summed E-state index contributed by atoms with van der Waals surface area (Å²) in [5.74, 6) is 1.51. The lowest BCUT2D eigenvalue weighted by atomic mass is 9.98. The molecule has 0 amide bonds. The molecule has 2 heterocycles. The van der Waals surface area contributed by atoms with Gasteiger partial charge < -0.3 is 14.8 Å². The predicted octanol–water partition coefficient (Wildman–Crippen LogP) is 3.91. The Balaban J connectivity index is 2.05. The second kappa shape index (κ2) is 8.34. The molecule has 4 nitrogen and oxygen atoms in total. The van der Waals surface area contributed by atoms with Crippen LogP contribution in [0.5, 0.6) is 11.5 Å². The van der Waals surface area contributed by atoms with Crippen molar-refractivity contribution in [2.24, 2.45) is 0 Å². The molecule has 1 saturated heterocycles. The van der Waals surface area contributed by atoms with Gasteiger partial charge in [-0.25, -0.2) is 0 Å². The Hall–Kier alpha value is -1.08. The SMILES string of the molecule is COc1cc(Br)c(C(c2ccsc2)N2CCCNCC2)cc1OC. The number of ether oxygens (including phenoxy) is 2. The summed E-state index contributed by atoms with van der Waals surface area (Å²) in [6, 6.07) is 6.54. The molecule has 6 heteroatoms. The van der Waals surface area contributed by atoms with Gasteiger partial charge in [0.2, 0.25) is 0 Å². The maximum atomic E-state index is 5.54. The fourth-order valence-electron chi connectivity index (χ4n) is 3.22. The second-order valence-electron chi connectivity index (χ2n) is 5.83. The standard InChI is InChI=1S/C18H23BrN2O2S/c1-22-16-10-14(15(19)11-17(16)23-2)18(13-4-9-24-12-13)21-7-3-5-20-6-8-21/h4,9-12,18,20H,3,5-8H2,1-2H3. The number of thiophene rings is 1. The maximum absolute atomic E-state index is 5.54. The molecule has 0 radical (unpaired) electrons. The van der Waals surface area contributed by atoms with Crippen LogP contribution < -0.4 is 14.8 Å². The highest BCUT2D eigenvalue weighted by Gasteiger charge is 2.26. The monoisotopic (exact) mass is 410 g/mol. The maximum Gasteiger partial charge on any atom is 0.161 e. The minimum atomic E-state index is 0.213. The zero-order valence-electron chi connectivity index (χ0n) is 14.0. The van der Waals surface area contributed by atoms with E-state index in [0.717, 1.165) is 48.6 Å². The van der Waals surface area contributed by atoms with Crippen LogP contribution in [-0.4, -0.2) is 45.3 Å². The van der Waals surface area contributed by atoms with Crippen molar-refractivity contribution >= 4 is 27.3 Å². The molecule has 0 saturated carbocycles. The van der Waals surface area contributed by atoms with Crippen molar-refractivity contribution in [1.82, 2.24) is 10.2 Å². The predicted molar refractivity (Wildman–Crippen MR) is 102 cm³/mol. The molecule has 130 valence electrons. The Morgan fingerprint density at radius 3 is 2.67 bits per heavy atom. The van der Waals surface area contributed by atoms with E-state index in [-0.39, 0.29) is 6.04 Å². The van der Waals surface area contributed by atoms with Crippen molar-refractivity contribution in [1.29, 1.82) is 0 Å². The van der Waals surface area contributed by atoms with Crippen LogP contribution in [0.15, 0.2) is 33.4 Å². The molecule has 1 fully saturated rings. The Bertz CT molecular complexity index is 655. The van der Waals surface area contributed by atoms with Gasteiger partial charge >= 0.3 is 0 Å². The van der Waals surface area contributed by atoms with E-state index in [0.29, 0.717) is 0 Å². The van der Waals surface area contributed by atoms with Gasteiger partial charge in [-0.1, -0.05) is 15.9 Å². The van der Waals surface area contributed by atoms with Crippen LogP contribution >= 0.6 is 27.3 Å². The van der Waals surface area contributed by atoms with Crippen LogP contribution in [0.25, 0.3) is 0 Å². The highest BCUT2D eigenvalue weighted by molar-refractivity contribution is 9.10. The van der Waals surface area contributed by atoms with E-state index in [2.05, 4.69) is 49.0 Å². The number of nitrogens with zero attached hydrogens (tertiary/aromatic N) is 1. The smallest absolute Gasteiger partial charge is 0.161 e. The lowest BCUT2D eigenvalue weighted by Crippen LogP contribution is -2.33. The quantitative estimate of drug-likeness (QED) is 0.809. The van der Waals surface area contributed by atoms with Gasteiger partial charge in [-0.3, -0.25) is 4.90 Å². The van der Waals surface area contributed by atoms with Gasteiger partial charge in [0.25, 0.3) is 0 Å². The molecule has 1 aliphatic rings. The molecule has 0 spiro atoms. The van der Waals surface area contributed by atoms with E-state index < -0.39 is 0 Å². The lowest BCUT2D eigenvalue weighted by molar-refractivity contribution is 0.240. The van der Waals surface area contributed by atoms with Crippen molar-refractivity contribution in [3.8, 4) is 11.5 Å². The molecule has 24 heavy (non-hydrogen) atoms. The van der Waals surface area contributed by atoms with Gasteiger partial charge in [-0.15, -0.1) is 0 Å². The molecular formula is C18H23BrN2O2S. The second-order valence-corrected chi connectivity index (χ2v) is 7.46. The number of benzene rings is 1. The number of methoxy groups -OCH3 is 2. The number of halogens is 1. The summed E-state index contributed by atoms with van der Waals surface area (Å²) >= 11 is 5.49. The Kier molecular flexibility index (Phi) is 6.16. The first-order valence-corrected chi connectivity index (χ1v) is 9.86. The largest absolute Gasteiger partial charge is 0.493 e. The third kappa shape index (κ3) is 3.77. The number of hydrogen-bond donors (Lipinski definition) is 1. The normalized spacial score (nSPS) is 17.3. The molecule has 2 aromatic rings. The van der Waals surface area contributed by atoms with Gasteiger partial charge in [-0.2, -0.15) is 11.3 Å². The summed E-state index contributed by atoms with van der Waals surface area (Å²) in [4.78, 5) is 2.55. The molecule has 0 aliphatic carbocycles. The molecule has 1 aromatic carbocycles. The molecule has 1 aromatic heterocycles. The van der Waals surface area contributed by atoms with Crippen LogP contribution in [0.2, 0.25) is 0 Å². The van der Waals surface area contributed by atoms with E-state index >= 15 is 0 Å². The van der Waals surface area contributed by atoms with Crippen LogP contribution in [0, 0.1) is 0 Å².